The van der Waals surface area contributed by atoms with Crippen molar-refractivity contribution in [1.29, 1.82) is 0 Å². The molecule has 0 saturated heterocycles. The van der Waals surface area contributed by atoms with Crippen molar-refractivity contribution in [2.75, 3.05) is 7.11 Å². The van der Waals surface area contributed by atoms with Crippen molar-refractivity contribution in [2.24, 2.45) is 0 Å². The van der Waals surface area contributed by atoms with Crippen LogP contribution in [0.4, 0.5) is 0 Å². The lowest BCUT2D eigenvalue weighted by Crippen LogP contribution is -2.19. The number of nitrogens with zero attached hydrogens (tertiary/aromatic N) is 2. The van der Waals surface area contributed by atoms with Gasteiger partial charge in [-0.25, -0.2) is 4.68 Å². The van der Waals surface area contributed by atoms with Crippen LogP contribution in [-0.4, -0.2) is 16.9 Å². The summed E-state index contributed by atoms with van der Waals surface area (Å²) in [6.45, 7) is 13.3. The van der Waals surface area contributed by atoms with Crippen LogP contribution in [0.15, 0.2) is 30.6 Å². The van der Waals surface area contributed by atoms with Crippen molar-refractivity contribution in [3.63, 3.8) is 0 Å². The molecule has 114 valence electrons. The molecule has 1 aromatic carbocycles. The summed E-state index contributed by atoms with van der Waals surface area (Å²) in [7, 11) is 1.73. The fourth-order valence-electron chi connectivity index (χ4n) is 2.40. The van der Waals surface area contributed by atoms with Gasteiger partial charge in [-0.05, 0) is 28.5 Å². The molecule has 1 aromatic heterocycles. The van der Waals surface area contributed by atoms with Crippen LogP contribution in [0.1, 0.15) is 52.7 Å². The molecule has 3 nitrogen and oxygen atoms in total. The second-order valence-electron chi connectivity index (χ2n) is 7.53. The molecule has 0 aliphatic rings. The van der Waals surface area contributed by atoms with Crippen LogP contribution in [0, 0.1) is 0 Å². The Morgan fingerprint density at radius 3 is 2.10 bits per heavy atom. The summed E-state index contributed by atoms with van der Waals surface area (Å²) in [6, 6.07) is 6.38. The lowest BCUT2D eigenvalue weighted by molar-refractivity contribution is 0.393. The largest absolute Gasteiger partial charge is 0.494 e. The number of aromatic nitrogens is 2. The summed E-state index contributed by atoms with van der Waals surface area (Å²) in [5, 5.41) is 4.38. The van der Waals surface area contributed by atoms with E-state index in [0.717, 1.165) is 11.4 Å². The average molecular weight is 286 g/mol. The van der Waals surface area contributed by atoms with Crippen molar-refractivity contribution in [3.05, 3.63) is 41.7 Å². The number of rotatable bonds is 2. The highest BCUT2D eigenvalue weighted by Crippen LogP contribution is 2.39. The van der Waals surface area contributed by atoms with E-state index in [1.54, 1.807) is 13.3 Å². The van der Waals surface area contributed by atoms with Gasteiger partial charge in [0.1, 0.15) is 11.4 Å². The molecule has 0 atom stereocenters. The molecule has 0 saturated carbocycles. The maximum atomic E-state index is 5.73. The predicted octanol–water partition coefficient (Wildman–Crippen LogP) is 4.48. The quantitative estimate of drug-likeness (QED) is 0.814. The molecule has 0 fully saturated rings. The molecule has 0 aliphatic heterocycles. The van der Waals surface area contributed by atoms with Gasteiger partial charge in [-0.15, -0.1) is 0 Å². The molecule has 21 heavy (non-hydrogen) atoms. The molecular formula is C18H26N2O. The Balaban J connectivity index is 2.79. The molecule has 1 heterocycles. The van der Waals surface area contributed by atoms with Crippen LogP contribution in [0.3, 0.4) is 0 Å². The first kappa shape index (κ1) is 15.6. The first-order valence-corrected chi connectivity index (χ1v) is 7.37. The van der Waals surface area contributed by atoms with Gasteiger partial charge in [0.15, 0.2) is 0 Å². The van der Waals surface area contributed by atoms with E-state index >= 15 is 0 Å². The molecule has 0 bridgehead atoms. The summed E-state index contributed by atoms with van der Waals surface area (Å²) in [4.78, 5) is 0. The maximum Gasteiger partial charge on any atom is 0.148 e. The van der Waals surface area contributed by atoms with Crippen molar-refractivity contribution < 1.29 is 4.74 Å². The molecular weight excluding hydrogens is 260 g/mol. The minimum Gasteiger partial charge on any atom is -0.494 e. The first-order chi connectivity index (χ1) is 9.64. The second-order valence-corrected chi connectivity index (χ2v) is 7.53. The van der Waals surface area contributed by atoms with Gasteiger partial charge in [0.25, 0.3) is 0 Å². The first-order valence-electron chi connectivity index (χ1n) is 7.37. The van der Waals surface area contributed by atoms with E-state index in [9.17, 15) is 0 Å². The third kappa shape index (κ3) is 3.12. The number of methoxy groups -OCH3 is 1. The standard InChI is InChI=1S/C18H26N2O/c1-17(2,3)13-11-14(18(4,5)6)16(21-7)15(12-13)20-10-8-9-19-20/h8-12H,1-7H3. The fourth-order valence-corrected chi connectivity index (χ4v) is 2.40. The van der Waals surface area contributed by atoms with Crippen LogP contribution in [0.2, 0.25) is 0 Å². The molecule has 3 heteroatoms. The van der Waals surface area contributed by atoms with Gasteiger partial charge in [-0.2, -0.15) is 5.10 Å². The lowest BCUT2D eigenvalue weighted by atomic mass is 9.79. The normalized spacial score (nSPS) is 12.5. The van der Waals surface area contributed by atoms with Gasteiger partial charge in [-0.3, -0.25) is 0 Å². The van der Waals surface area contributed by atoms with Crippen molar-refractivity contribution >= 4 is 0 Å². The molecule has 0 radical (unpaired) electrons. The second kappa shape index (κ2) is 5.21. The van der Waals surface area contributed by atoms with Crippen molar-refractivity contribution in [3.8, 4) is 11.4 Å². The highest BCUT2D eigenvalue weighted by Gasteiger charge is 2.26. The zero-order valence-corrected chi connectivity index (χ0v) is 14.2. The van der Waals surface area contributed by atoms with Gasteiger partial charge < -0.3 is 4.74 Å². The third-order valence-electron chi connectivity index (χ3n) is 3.70. The molecule has 0 amide bonds. The fraction of sp³-hybridized carbons (Fsp3) is 0.500. The Bertz CT molecular complexity index is 614. The van der Waals surface area contributed by atoms with E-state index in [2.05, 4.69) is 58.8 Å². The van der Waals surface area contributed by atoms with E-state index < -0.39 is 0 Å². The number of hydrogen-bond acceptors (Lipinski definition) is 2. The Hall–Kier alpha value is -1.77. The van der Waals surface area contributed by atoms with E-state index in [-0.39, 0.29) is 10.8 Å². The highest BCUT2D eigenvalue weighted by atomic mass is 16.5. The summed E-state index contributed by atoms with van der Waals surface area (Å²) in [6.07, 6.45) is 3.75. The molecule has 0 unspecified atom stereocenters. The summed E-state index contributed by atoms with van der Waals surface area (Å²) in [5.41, 5.74) is 3.59. The van der Waals surface area contributed by atoms with E-state index in [1.165, 1.54) is 11.1 Å². The van der Waals surface area contributed by atoms with E-state index in [4.69, 9.17) is 4.74 Å². The van der Waals surface area contributed by atoms with Gasteiger partial charge in [0.05, 0.1) is 7.11 Å². The van der Waals surface area contributed by atoms with E-state index in [0.29, 0.717) is 0 Å². The SMILES string of the molecule is COc1c(-n2cccn2)cc(C(C)(C)C)cc1C(C)(C)C. The van der Waals surface area contributed by atoms with Gasteiger partial charge in [0, 0.05) is 18.0 Å². The lowest BCUT2D eigenvalue weighted by Gasteiger charge is -2.28. The average Bonchev–Trinajstić information content (AvgIpc) is 2.88. The topological polar surface area (TPSA) is 27.1 Å². The molecule has 0 aliphatic carbocycles. The van der Waals surface area contributed by atoms with Crippen LogP contribution < -0.4 is 4.74 Å². The minimum absolute atomic E-state index is 0.00844. The van der Waals surface area contributed by atoms with Crippen LogP contribution in [0.5, 0.6) is 5.75 Å². The minimum atomic E-state index is 0.00844. The highest BCUT2D eigenvalue weighted by molar-refractivity contribution is 5.57. The number of benzene rings is 1. The van der Waals surface area contributed by atoms with Crippen LogP contribution in [0.25, 0.3) is 5.69 Å². The number of ether oxygens (including phenoxy) is 1. The van der Waals surface area contributed by atoms with Crippen LogP contribution in [-0.2, 0) is 10.8 Å². The third-order valence-corrected chi connectivity index (χ3v) is 3.70. The Morgan fingerprint density at radius 1 is 1.00 bits per heavy atom. The number of hydrogen-bond donors (Lipinski definition) is 0. The summed E-state index contributed by atoms with van der Waals surface area (Å²) >= 11 is 0. The van der Waals surface area contributed by atoms with E-state index in [1.807, 2.05) is 16.9 Å². The maximum absolute atomic E-state index is 5.73. The molecule has 0 spiro atoms. The van der Waals surface area contributed by atoms with Gasteiger partial charge in [0.2, 0.25) is 0 Å². The zero-order valence-electron chi connectivity index (χ0n) is 14.2. The van der Waals surface area contributed by atoms with Crippen molar-refractivity contribution in [1.82, 2.24) is 9.78 Å². The summed E-state index contributed by atoms with van der Waals surface area (Å²) < 4.78 is 7.61. The van der Waals surface area contributed by atoms with Gasteiger partial charge >= 0.3 is 0 Å². The monoisotopic (exact) mass is 286 g/mol. The molecule has 0 N–H and O–H groups in total. The molecule has 2 aromatic rings. The predicted molar refractivity (Wildman–Crippen MR) is 87.5 cm³/mol. The molecule has 2 rings (SSSR count). The Morgan fingerprint density at radius 2 is 1.67 bits per heavy atom. The summed E-state index contributed by atoms with van der Waals surface area (Å²) in [5.74, 6) is 0.902. The van der Waals surface area contributed by atoms with Crippen molar-refractivity contribution in [2.45, 2.75) is 52.4 Å². The smallest absolute Gasteiger partial charge is 0.148 e. The van der Waals surface area contributed by atoms with Crippen LogP contribution >= 0.6 is 0 Å². The Labute approximate surface area is 127 Å². The Kier molecular flexibility index (Phi) is 3.87. The van der Waals surface area contributed by atoms with Gasteiger partial charge in [-0.1, -0.05) is 47.6 Å². The zero-order chi connectivity index (χ0) is 15.8.